The van der Waals surface area contributed by atoms with Gasteiger partial charge < -0.3 is 41.5 Å². The normalized spacial score (nSPS) is 25.6. The molecule has 272 valence electrons. The molecule has 2 aromatic rings. The highest BCUT2D eigenvalue weighted by atomic mass is 32.3. The monoisotopic (exact) mass is 738 g/mol. The van der Waals surface area contributed by atoms with E-state index in [9.17, 15) is 27.9 Å². The molecule has 1 saturated carbocycles. The second kappa shape index (κ2) is 13.4. The first kappa shape index (κ1) is 36.9. The van der Waals surface area contributed by atoms with E-state index in [2.05, 4.69) is 25.1 Å². The van der Waals surface area contributed by atoms with Crippen LogP contribution in [0.2, 0.25) is 0 Å². The van der Waals surface area contributed by atoms with Crippen LogP contribution in [0.3, 0.4) is 0 Å². The quantitative estimate of drug-likeness (QED) is 0.0466. The molecule has 0 unspecified atom stereocenters. The van der Waals surface area contributed by atoms with Crippen LogP contribution in [0.4, 0.5) is 5.13 Å². The van der Waals surface area contributed by atoms with E-state index in [1.54, 1.807) is 25.3 Å². The molecule has 0 bridgehead atoms. The van der Waals surface area contributed by atoms with E-state index in [-0.39, 0.29) is 34.7 Å². The number of nitrogens with one attached hydrogen (secondary N) is 3. The number of carbonyl (C=O) groups excluding carboxylic acids is 2. The van der Waals surface area contributed by atoms with Crippen molar-refractivity contribution in [2.24, 2.45) is 10.9 Å². The number of aromatic nitrogens is 1. The highest BCUT2D eigenvalue weighted by molar-refractivity contribution is 7.80. The van der Waals surface area contributed by atoms with Crippen molar-refractivity contribution in [1.82, 2.24) is 20.7 Å². The lowest BCUT2D eigenvalue weighted by Gasteiger charge is -2.50. The average Bonchev–Trinajstić information content (AvgIpc) is 3.48. The molecule has 0 spiro atoms. The fourth-order valence-corrected chi connectivity index (χ4v) is 6.97. The third kappa shape index (κ3) is 7.09. The summed E-state index contributed by atoms with van der Waals surface area (Å²) in [5, 5.41) is 30.1. The highest BCUT2D eigenvalue weighted by Crippen LogP contribution is 2.37. The molecule has 19 nitrogen and oxygen atoms in total. The van der Waals surface area contributed by atoms with Gasteiger partial charge in [-0.05, 0) is 70.2 Å². The number of nitrogens with two attached hydrogens (primary N) is 2. The Morgan fingerprint density at radius 3 is 2.56 bits per heavy atom. The van der Waals surface area contributed by atoms with Crippen molar-refractivity contribution < 1.29 is 51.1 Å². The van der Waals surface area contributed by atoms with Crippen LogP contribution in [-0.2, 0) is 45.1 Å². The van der Waals surface area contributed by atoms with Gasteiger partial charge in [-0.3, -0.25) is 19.6 Å². The molecule has 1 aromatic carbocycles. The number of benzene rings is 1. The Kier molecular flexibility index (Phi) is 9.86. The Balaban J connectivity index is 1.31. The number of methoxy groups -OCH3 is 1. The first-order valence-corrected chi connectivity index (χ1v) is 17.5. The molecule has 3 atom stereocenters. The van der Waals surface area contributed by atoms with Gasteiger partial charge in [0.1, 0.15) is 23.3 Å². The summed E-state index contributed by atoms with van der Waals surface area (Å²) in [6.07, 6.45) is 0.808. The summed E-state index contributed by atoms with van der Waals surface area (Å²) in [6.45, 7) is 4.35. The number of carboxylic acid groups (broad SMARTS) is 1. The van der Waals surface area contributed by atoms with E-state index >= 15 is 0 Å². The van der Waals surface area contributed by atoms with Crippen molar-refractivity contribution in [1.29, 1.82) is 5.41 Å². The van der Waals surface area contributed by atoms with E-state index < -0.39 is 57.2 Å². The third-order valence-corrected chi connectivity index (χ3v) is 10.2. The van der Waals surface area contributed by atoms with Crippen molar-refractivity contribution in [3.05, 3.63) is 40.4 Å². The van der Waals surface area contributed by atoms with Crippen molar-refractivity contribution >= 4 is 56.2 Å². The number of aryl methyl sites for hydroxylation is 1. The van der Waals surface area contributed by atoms with Crippen LogP contribution in [0, 0.1) is 5.41 Å². The number of nitrogens with zero attached hydrogens (tertiary/aromatic N) is 3. The molecule has 9 N–H and O–H groups in total. The van der Waals surface area contributed by atoms with E-state index in [0.717, 1.165) is 16.9 Å². The van der Waals surface area contributed by atoms with Gasteiger partial charge in [0, 0.05) is 30.6 Å². The molecule has 50 heavy (non-hydrogen) atoms. The molecule has 21 heteroatoms. The minimum Gasteiger partial charge on any atom is -0.485 e. The number of nitrogen functional groups attached to an aromatic ring is 1. The zero-order chi connectivity index (χ0) is 36.8. The fraction of sp³-hybridized carbons (Fsp3) is 0.517. The van der Waals surface area contributed by atoms with Crippen molar-refractivity contribution in [2.75, 3.05) is 19.4 Å². The first-order valence-electron chi connectivity index (χ1n) is 15.3. The first-order chi connectivity index (χ1) is 23.3. The topological polar surface area (TPSA) is 291 Å². The van der Waals surface area contributed by atoms with Crippen LogP contribution in [-0.4, -0.2) is 106 Å². The number of hydroxylamine groups is 2. The molecule has 3 aliphatic rings. The SMILES string of the molecule is COC1(CN)CC(NC(=N)c2ccc3c(c2)CC[C@H]([C@](C)(O/N=C(\C(=O)N[C@@H]2C(=O)N(OS(=O)(=O)O)C2(C)C)c2csc(N)n2)C(=O)O)O3)C1. The summed E-state index contributed by atoms with van der Waals surface area (Å²) in [4.78, 5) is 48.3. The minimum atomic E-state index is -5.03. The number of fused-ring (bicyclic) bond motifs is 1. The second-order valence-corrected chi connectivity index (χ2v) is 14.8. The molecule has 2 amide bonds. The Labute approximate surface area is 290 Å². The Morgan fingerprint density at radius 2 is 2.00 bits per heavy atom. The van der Waals surface area contributed by atoms with Gasteiger partial charge in [-0.15, -0.1) is 15.6 Å². The molecule has 0 radical (unpaired) electrons. The van der Waals surface area contributed by atoms with Crippen LogP contribution in [0.1, 0.15) is 56.9 Å². The Bertz CT molecular complexity index is 1840. The zero-order valence-corrected chi connectivity index (χ0v) is 29.1. The molecule has 1 aliphatic carbocycles. The second-order valence-electron chi connectivity index (χ2n) is 12.9. The summed E-state index contributed by atoms with van der Waals surface area (Å²) in [5.41, 5.74) is 8.36. The summed E-state index contributed by atoms with van der Waals surface area (Å²) in [5.74, 6) is -2.88. The van der Waals surface area contributed by atoms with Crippen LogP contribution in [0.25, 0.3) is 0 Å². The van der Waals surface area contributed by atoms with E-state index in [0.29, 0.717) is 42.2 Å². The highest BCUT2D eigenvalue weighted by Gasteiger charge is 2.58. The lowest BCUT2D eigenvalue weighted by atomic mass is 9.75. The number of oxime groups is 1. The molecule has 5 rings (SSSR count). The van der Waals surface area contributed by atoms with E-state index in [4.69, 9.17) is 35.7 Å². The number of aliphatic carboxylic acids is 1. The number of β-lactam (4-membered cyclic amide) rings is 1. The number of hydrogen-bond donors (Lipinski definition) is 7. The van der Waals surface area contributed by atoms with Crippen LogP contribution in [0.5, 0.6) is 5.75 Å². The summed E-state index contributed by atoms with van der Waals surface area (Å²) in [6, 6.07) is 3.81. The molecule has 1 saturated heterocycles. The number of thiazole rings is 1. The number of amidine groups is 1. The number of anilines is 1. The molecule has 3 heterocycles. The van der Waals surface area contributed by atoms with Gasteiger partial charge in [-0.1, -0.05) is 5.16 Å². The van der Waals surface area contributed by atoms with Gasteiger partial charge >= 0.3 is 16.4 Å². The molecular formula is C29H38N8O11S2. The number of carbonyl (C=O) groups is 3. The number of rotatable bonds is 13. The summed E-state index contributed by atoms with van der Waals surface area (Å²) >= 11 is 0.958. The largest absolute Gasteiger partial charge is 0.485 e. The maximum atomic E-state index is 13.5. The van der Waals surface area contributed by atoms with Gasteiger partial charge in [0.05, 0.1) is 11.1 Å². The van der Waals surface area contributed by atoms with Gasteiger partial charge in [0.2, 0.25) is 0 Å². The lowest BCUT2D eigenvalue weighted by Crippen LogP contribution is -2.76. The maximum absolute atomic E-state index is 13.5. The Morgan fingerprint density at radius 1 is 1.30 bits per heavy atom. The summed E-state index contributed by atoms with van der Waals surface area (Å²) < 4.78 is 47.2. The Hall–Kier alpha value is -4.41. The number of amides is 2. The lowest BCUT2D eigenvalue weighted by molar-refractivity contribution is -0.218. The van der Waals surface area contributed by atoms with Gasteiger partial charge in [0.15, 0.2) is 16.9 Å². The molecular weight excluding hydrogens is 700 g/mol. The fourth-order valence-electron chi connectivity index (χ4n) is 5.97. The molecule has 1 aromatic heterocycles. The van der Waals surface area contributed by atoms with Crippen molar-refractivity contribution in [3.8, 4) is 5.75 Å². The standard InChI is InChI=1S/C29H38N8O11S2/c1-27(2)21(24(39)37(27)48-50(42,43)44)35-23(38)20(17-12-49-26(32)34-17)36-47-28(3,25(40)41)19-8-6-14-9-15(5-7-18(14)46-19)22(31)33-16-10-29(11-16,13-30)45-4/h5,7,9,12,16,19,21H,6,8,10-11,13,30H2,1-4H3,(H2,31,33)(H2,32,34)(H,35,38)(H,40,41)(H,42,43,44)/b36-20-/t16?,19-,21-,28+,29?/m1/s1. The number of hydrogen-bond acceptors (Lipinski definition) is 15. The van der Waals surface area contributed by atoms with Crippen LogP contribution >= 0.6 is 11.3 Å². The van der Waals surface area contributed by atoms with Crippen LogP contribution in [0.15, 0.2) is 28.7 Å². The van der Waals surface area contributed by atoms with E-state index in [1.807, 2.05) is 0 Å². The predicted octanol–water partition coefficient (Wildman–Crippen LogP) is -0.0556. The van der Waals surface area contributed by atoms with E-state index in [1.165, 1.54) is 26.2 Å². The minimum absolute atomic E-state index is 0.0406. The van der Waals surface area contributed by atoms with Gasteiger partial charge in [0.25, 0.3) is 17.4 Å². The van der Waals surface area contributed by atoms with Crippen molar-refractivity contribution in [2.45, 2.75) is 81.4 Å². The van der Waals surface area contributed by atoms with Crippen molar-refractivity contribution in [3.63, 3.8) is 0 Å². The van der Waals surface area contributed by atoms with Crippen LogP contribution < -0.4 is 26.8 Å². The smallest absolute Gasteiger partial charge is 0.418 e. The third-order valence-electron chi connectivity index (χ3n) is 9.15. The molecule has 2 fully saturated rings. The number of ether oxygens (including phenoxy) is 2. The summed E-state index contributed by atoms with van der Waals surface area (Å²) in [7, 11) is -3.42. The van der Waals surface area contributed by atoms with Gasteiger partial charge in [-0.25, -0.2) is 9.78 Å². The zero-order valence-electron chi connectivity index (χ0n) is 27.5. The number of carboxylic acids is 1. The molecule has 2 aliphatic heterocycles. The average molecular weight is 739 g/mol. The van der Waals surface area contributed by atoms with Gasteiger partial charge in [-0.2, -0.15) is 13.5 Å². The predicted molar refractivity (Wildman–Crippen MR) is 177 cm³/mol. The maximum Gasteiger partial charge on any atom is 0.418 e.